The molecule has 2 aliphatic rings. The lowest BCUT2D eigenvalue weighted by atomic mass is 9.97. The van der Waals surface area contributed by atoms with Crippen LogP contribution in [0.5, 0.6) is 0 Å². The van der Waals surface area contributed by atoms with E-state index in [1.54, 1.807) is 22.0 Å². The molecule has 0 radical (unpaired) electrons. The number of hydrogen-bond acceptors (Lipinski definition) is 6. The number of halogens is 1. The minimum absolute atomic E-state index is 0.00997. The summed E-state index contributed by atoms with van der Waals surface area (Å²) in [5.41, 5.74) is 2.50. The normalized spacial score (nSPS) is 15.8. The second-order valence-corrected chi connectivity index (χ2v) is 10.4. The third-order valence-corrected chi connectivity index (χ3v) is 8.37. The van der Waals surface area contributed by atoms with Gasteiger partial charge in [-0.15, -0.1) is 11.3 Å². The number of thiophene rings is 1. The fourth-order valence-electron chi connectivity index (χ4n) is 4.15. The van der Waals surface area contributed by atoms with Crippen LogP contribution in [0.4, 0.5) is 4.79 Å². The maximum absolute atomic E-state index is 13.7. The number of thioether (sulfide) groups is 1. The van der Waals surface area contributed by atoms with E-state index in [9.17, 15) is 14.4 Å². The Morgan fingerprint density at radius 3 is 2.84 bits per heavy atom. The van der Waals surface area contributed by atoms with Crippen LogP contribution in [0.3, 0.4) is 0 Å². The minimum atomic E-state index is -0.382. The molecule has 3 aromatic rings. The van der Waals surface area contributed by atoms with E-state index in [2.05, 4.69) is 5.32 Å². The van der Waals surface area contributed by atoms with Gasteiger partial charge in [0.2, 0.25) is 5.91 Å². The molecule has 7 nitrogen and oxygen atoms in total. The fraction of sp³-hybridized carbons (Fsp3) is 0.364. The van der Waals surface area contributed by atoms with Crippen molar-refractivity contribution in [2.24, 2.45) is 0 Å². The quantitative estimate of drug-likeness (QED) is 0.444. The van der Waals surface area contributed by atoms with Crippen LogP contribution in [-0.2, 0) is 17.6 Å². The van der Waals surface area contributed by atoms with Crippen molar-refractivity contribution >= 4 is 56.9 Å². The number of aryl methyl sites for hydroxylation is 3. The SMILES string of the molecule is Cc1ccc(-n2c(SCC(=O)N3CCNC3=O)nc3sc4c(c3c2=O)CCCC4)cc1Cl. The first-order valence-electron chi connectivity index (χ1n) is 10.5. The summed E-state index contributed by atoms with van der Waals surface area (Å²) in [4.78, 5) is 46.1. The van der Waals surface area contributed by atoms with E-state index in [0.29, 0.717) is 39.2 Å². The Bertz CT molecular complexity index is 1320. The molecular weight excluding hydrogens is 468 g/mol. The van der Waals surface area contributed by atoms with Crippen molar-refractivity contribution in [1.82, 2.24) is 19.8 Å². The standard InChI is InChI=1S/C22H21ClN4O3S2/c1-12-6-7-13(10-15(12)23)27-20(29)18-14-4-2-3-5-16(14)32-19(18)25-22(27)31-11-17(28)26-9-8-24-21(26)30/h6-7,10H,2-5,8-9,11H2,1H3,(H,24,30). The van der Waals surface area contributed by atoms with E-state index in [4.69, 9.17) is 16.6 Å². The average Bonchev–Trinajstić information content (AvgIpc) is 3.37. The minimum Gasteiger partial charge on any atom is -0.336 e. The Balaban J connectivity index is 1.61. The number of hydrogen-bond donors (Lipinski definition) is 1. The smallest absolute Gasteiger partial charge is 0.324 e. The lowest BCUT2D eigenvalue weighted by Gasteiger charge is -2.15. The molecule has 1 fully saturated rings. The molecule has 0 spiro atoms. The van der Waals surface area contributed by atoms with Gasteiger partial charge >= 0.3 is 6.03 Å². The highest BCUT2D eigenvalue weighted by atomic mass is 35.5. The first-order chi connectivity index (χ1) is 15.4. The predicted octanol–water partition coefficient (Wildman–Crippen LogP) is 3.93. The molecule has 0 bridgehead atoms. The summed E-state index contributed by atoms with van der Waals surface area (Å²) in [6.45, 7) is 2.70. The van der Waals surface area contributed by atoms with Gasteiger partial charge in [-0.3, -0.25) is 19.1 Å². The van der Waals surface area contributed by atoms with Gasteiger partial charge in [0.15, 0.2) is 5.16 Å². The van der Waals surface area contributed by atoms with Crippen LogP contribution in [0.2, 0.25) is 5.02 Å². The van der Waals surface area contributed by atoms with Crippen molar-refractivity contribution in [3.63, 3.8) is 0 Å². The van der Waals surface area contributed by atoms with E-state index in [-0.39, 0.29) is 23.3 Å². The molecule has 3 heterocycles. The van der Waals surface area contributed by atoms with E-state index in [1.807, 2.05) is 19.1 Å². The molecular formula is C22H21ClN4O3S2. The number of aromatic nitrogens is 2. The monoisotopic (exact) mass is 488 g/mol. The van der Waals surface area contributed by atoms with Crippen molar-refractivity contribution in [1.29, 1.82) is 0 Å². The number of imide groups is 1. The average molecular weight is 489 g/mol. The van der Waals surface area contributed by atoms with Gasteiger partial charge in [0.25, 0.3) is 5.56 Å². The maximum atomic E-state index is 13.7. The second kappa shape index (κ2) is 8.53. The molecule has 0 atom stereocenters. The zero-order valence-electron chi connectivity index (χ0n) is 17.4. The van der Waals surface area contributed by atoms with Crippen molar-refractivity contribution in [2.45, 2.75) is 37.8 Å². The van der Waals surface area contributed by atoms with Crippen LogP contribution in [0.25, 0.3) is 15.9 Å². The van der Waals surface area contributed by atoms with Gasteiger partial charge in [0.1, 0.15) is 4.83 Å². The van der Waals surface area contributed by atoms with Gasteiger partial charge in [-0.2, -0.15) is 0 Å². The van der Waals surface area contributed by atoms with Gasteiger partial charge in [0, 0.05) is 23.0 Å². The summed E-state index contributed by atoms with van der Waals surface area (Å²) in [5.74, 6) is -0.297. The molecule has 1 saturated heterocycles. The number of nitrogens with zero attached hydrogens (tertiary/aromatic N) is 3. The number of urea groups is 1. The van der Waals surface area contributed by atoms with Crippen LogP contribution in [0, 0.1) is 6.92 Å². The van der Waals surface area contributed by atoms with Crippen LogP contribution < -0.4 is 10.9 Å². The Labute approximate surface area is 197 Å². The first kappa shape index (κ1) is 21.5. The predicted molar refractivity (Wildman–Crippen MR) is 127 cm³/mol. The molecule has 32 heavy (non-hydrogen) atoms. The number of rotatable bonds is 4. The summed E-state index contributed by atoms with van der Waals surface area (Å²) in [6, 6.07) is 5.08. The molecule has 5 rings (SSSR count). The lowest BCUT2D eigenvalue weighted by Crippen LogP contribution is -2.35. The number of carbonyl (C=O) groups excluding carboxylic acids is 2. The Morgan fingerprint density at radius 1 is 1.28 bits per heavy atom. The summed E-state index contributed by atoms with van der Waals surface area (Å²) in [6.07, 6.45) is 4.04. The second-order valence-electron chi connectivity index (χ2n) is 7.93. The molecule has 2 aromatic heterocycles. The highest BCUT2D eigenvalue weighted by Gasteiger charge is 2.27. The third-order valence-electron chi connectivity index (χ3n) is 5.85. The summed E-state index contributed by atoms with van der Waals surface area (Å²) < 4.78 is 1.55. The Kier molecular flexibility index (Phi) is 5.73. The number of carbonyl (C=O) groups is 2. The Morgan fingerprint density at radius 2 is 2.09 bits per heavy atom. The van der Waals surface area contributed by atoms with Crippen molar-refractivity contribution in [2.75, 3.05) is 18.8 Å². The third kappa shape index (κ3) is 3.72. The molecule has 10 heteroatoms. The zero-order chi connectivity index (χ0) is 22.4. The molecule has 166 valence electrons. The van der Waals surface area contributed by atoms with Gasteiger partial charge in [0.05, 0.1) is 16.8 Å². The summed E-state index contributed by atoms with van der Waals surface area (Å²) in [5, 5.41) is 4.29. The molecule has 0 unspecified atom stereocenters. The van der Waals surface area contributed by atoms with Crippen LogP contribution in [0.1, 0.15) is 28.8 Å². The molecule has 1 aliphatic carbocycles. The van der Waals surface area contributed by atoms with Crippen molar-refractivity contribution in [3.8, 4) is 5.69 Å². The molecule has 1 aliphatic heterocycles. The number of nitrogens with one attached hydrogen (secondary N) is 1. The van der Waals surface area contributed by atoms with E-state index >= 15 is 0 Å². The van der Waals surface area contributed by atoms with Gasteiger partial charge in [-0.05, 0) is 55.9 Å². The van der Waals surface area contributed by atoms with Gasteiger partial charge in [-0.1, -0.05) is 29.4 Å². The highest BCUT2D eigenvalue weighted by molar-refractivity contribution is 7.99. The maximum Gasteiger partial charge on any atom is 0.324 e. The van der Waals surface area contributed by atoms with Crippen LogP contribution >= 0.6 is 34.7 Å². The number of benzene rings is 1. The Hall–Kier alpha value is -2.36. The van der Waals surface area contributed by atoms with Crippen LogP contribution in [0.15, 0.2) is 28.2 Å². The fourth-order valence-corrected chi connectivity index (χ4v) is 6.51. The van der Waals surface area contributed by atoms with E-state index in [1.165, 1.54) is 21.5 Å². The topological polar surface area (TPSA) is 84.3 Å². The van der Waals surface area contributed by atoms with E-state index < -0.39 is 0 Å². The number of amides is 3. The summed E-state index contributed by atoms with van der Waals surface area (Å²) >= 11 is 9.11. The molecule has 1 N–H and O–H groups in total. The first-order valence-corrected chi connectivity index (χ1v) is 12.7. The van der Waals surface area contributed by atoms with Crippen LogP contribution in [-0.4, -0.2) is 45.2 Å². The van der Waals surface area contributed by atoms with Crippen molar-refractivity contribution in [3.05, 3.63) is 49.6 Å². The molecule has 3 amide bonds. The lowest BCUT2D eigenvalue weighted by molar-refractivity contribution is -0.124. The van der Waals surface area contributed by atoms with Gasteiger partial charge < -0.3 is 5.32 Å². The largest absolute Gasteiger partial charge is 0.336 e. The summed E-state index contributed by atoms with van der Waals surface area (Å²) in [7, 11) is 0. The molecule has 1 aromatic carbocycles. The molecule has 0 saturated carbocycles. The van der Waals surface area contributed by atoms with E-state index in [0.717, 1.165) is 36.8 Å². The highest BCUT2D eigenvalue weighted by Crippen LogP contribution is 2.35. The number of fused-ring (bicyclic) bond motifs is 3. The van der Waals surface area contributed by atoms with Gasteiger partial charge in [-0.25, -0.2) is 9.78 Å². The zero-order valence-corrected chi connectivity index (χ0v) is 19.8. The van der Waals surface area contributed by atoms with Crippen molar-refractivity contribution < 1.29 is 9.59 Å².